The van der Waals surface area contributed by atoms with Crippen molar-refractivity contribution in [3.63, 3.8) is 0 Å². The van der Waals surface area contributed by atoms with Crippen LogP contribution in [-0.4, -0.2) is 59.5 Å². The smallest absolute Gasteiger partial charge is 0.254 e. The van der Waals surface area contributed by atoms with Crippen LogP contribution in [0.25, 0.3) is 0 Å². The Hall–Kier alpha value is -2.29. The fourth-order valence-corrected chi connectivity index (χ4v) is 2.77. The molecule has 0 radical (unpaired) electrons. The molecule has 1 aliphatic rings. The Bertz CT molecular complexity index is 775. The maximum absolute atomic E-state index is 12.5. The third kappa shape index (κ3) is 6.13. The van der Waals surface area contributed by atoms with E-state index in [1.807, 2.05) is 4.90 Å². The van der Waals surface area contributed by atoms with Crippen molar-refractivity contribution in [1.82, 2.24) is 15.0 Å². The largest absolute Gasteiger partial charge is 0.399 e. The summed E-state index contributed by atoms with van der Waals surface area (Å²) in [5, 5.41) is 6.43. The van der Waals surface area contributed by atoms with E-state index in [1.165, 1.54) is 0 Å². The van der Waals surface area contributed by atoms with Gasteiger partial charge >= 0.3 is 0 Å². The second-order valence-electron chi connectivity index (χ2n) is 6.06. The first-order valence-electron chi connectivity index (χ1n) is 8.11. The van der Waals surface area contributed by atoms with E-state index in [4.69, 9.17) is 10.3 Å². The van der Waals surface area contributed by atoms with Crippen LogP contribution in [0.1, 0.15) is 16.1 Å². The summed E-state index contributed by atoms with van der Waals surface area (Å²) in [6.07, 6.45) is 0. The number of aromatic nitrogens is 1. The lowest BCUT2D eigenvalue weighted by molar-refractivity contribution is -0.117. The molecule has 3 rings (SSSR count). The van der Waals surface area contributed by atoms with Crippen LogP contribution in [0.5, 0.6) is 0 Å². The van der Waals surface area contributed by atoms with Gasteiger partial charge in [-0.2, -0.15) is 0 Å². The predicted molar refractivity (Wildman–Crippen MR) is 108 cm³/mol. The number of rotatable bonds is 4. The number of amides is 2. The van der Waals surface area contributed by atoms with Gasteiger partial charge in [-0.15, -0.1) is 24.8 Å². The van der Waals surface area contributed by atoms with Gasteiger partial charge in [0.2, 0.25) is 5.91 Å². The first-order chi connectivity index (χ1) is 12.0. The number of nitrogens with two attached hydrogens (primary N) is 1. The minimum Gasteiger partial charge on any atom is -0.399 e. The Kier molecular flexibility index (Phi) is 8.55. The van der Waals surface area contributed by atoms with Crippen LogP contribution >= 0.6 is 24.8 Å². The molecule has 0 unspecified atom stereocenters. The predicted octanol–water partition coefficient (Wildman–Crippen LogP) is 1.81. The average Bonchev–Trinajstić information content (AvgIpc) is 2.99. The molecule has 1 aromatic carbocycles. The lowest BCUT2D eigenvalue weighted by atomic mass is 10.1. The molecule has 0 aliphatic carbocycles. The van der Waals surface area contributed by atoms with Crippen LogP contribution < -0.4 is 11.1 Å². The van der Waals surface area contributed by atoms with Crippen LogP contribution in [0.4, 0.5) is 11.5 Å². The standard InChI is InChI=1S/C17H21N5O3.2ClH/c1-12-9-15(20-25-12)19-16(23)11-21-5-7-22(8-6-21)17(24)13-3-2-4-14(18)10-13;;/h2-4,9-10H,5-8,11,18H2,1H3,(H,19,20,23);2*1H. The Morgan fingerprint density at radius 1 is 1.19 bits per heavy atom. The Morgan fingerprint density at radius 2 is 1.89 bits per heavy atom. The number of benzene rings is 1. The molecular weight excluding hydrogens is 393 g/mol. The minimum absolute atomic E-state index is 0. The summed E-state index contributed by atoms with van der Waals surface area (Å²) in [6, 6.07) is 8.64. The number of piperazine rings is 1. The molecule has 0 saturated carbocycles. The zero-order valence-electron chi connectivity index (χ0n) is 14.9. The van der Waals surface area contributed by atoms with Crippen molar-refractivity contribution in [1.29, 1.82) is 0 Å². The quantitative estimate of drug-likeness (QED) is 0.737. The van der Waals surface area contributed by atoms with Gasteiger partial charge in [0.25, 0.3) is 5.91 Å². The number of hydrogen-bond acceptors (Lipinski definition) is 6. The maximum Gasteiger partial charge on any atom is 0.254 e. The van der Waals surface area contributed by atoms with E-state index in [0.717, 1.165) is 0 Å². The molecule has 3 N–H and O–H groups in total. The zero-order chi connectivity index (χ0) is 17.8. The molecule has 2 aromatic rings. The summed E-state index contributed by atoms with van der Waals surface area (Å²) in [5.74, 6) is 0.875. The average molecular weight is 416 g/mol. The molecule has 0 atom stereocenters. The highest BCUT2D eigenvalue weighted by Crippen LogP contribution is 2.12. The van der Waals surface area contributed by atoms with Gasteiger partial charge in [-0.1, -0.05) is 11.2 Å². The van der Waals surface area contributed by atoms with E-state index in [1.54, 1.807) is 42.2 Å². The van der Waals surface area contributed by atoms with E-state index < -0.39 is 0 Å². The number of carbonyl (C=O) groups excluding carboxylic acids is 2. The van der Waals surface area contributed by atoms with Crippen LogP contribution in [-0.2, 0) is 4.79 Å². The molecule has 1 aliphatic heterocycles. The van der Waals surface area contributed by atoms with Gasteiger partial charge in [-0.3, -0.25) is 14.5 Å². The highest BCUT2D eigenvalue weighted by molar-refractivity contribution is 5.95. The SMILES string of the molecule is Cc1cc(NC(=O)CN2CCN(C(=O)c3cccc(N)c3)CC2)no1.Cl.Cl. The number of nitrogens with zero attached hydrogens (tertiary/aromatic N) is 3. The zero-order valence-corrected chi connectivity index (χ0v) is 16.5. The highest BCUT2D eigenvalue weighted by atomic mass is 35.5. The van der Waals surface area contributed by atoms with Crippen molar-refractivity contribution in [3.8, 4) is 0 Å². The maximum atomic E-state index is 12.5. The summed E-state index contributed by atoms with van der Waals surface area (Å²) < 4.78 is 4.91. The first-order valence-corrected chi connectivity index (χ1v) is 8.11. The van der Waals surface area contributed by atoms with Gasteiger partial charge < -0.3 is 20.5 Å². The second-order valence-corrected chi connectivity index (χ2v) is 6.06. The van der Waals surface area contributed by atoms with Gasteiger partial charge in [-0.25, -0.2) is 0 Å². The Balaban J connectivity index is 0.00000182. The van der Waals surface area contributed by atoms with Crippen LogP contribution in [0.15, 0.2) is 34.9 Å². The molecule has 1 fully saturated rings. The third-order valence-electron chi connectivity index (χ3n) is 4.06. The van der Waals surface area contributed by atoms with Crippen LogP contribution in [0, 0.1) is 6.92 Å². The third-order valence-corrected chi connectivity index (χ3v) is 4.06. The number of nitrogen functional groups attached to an aromatic ring is 1. The normalized spacial score (nSPS) is 14.0. The summed E-state index contributed by atoms with van der Waals surface area (Å²) >= 11 is 0. The van der Waals surface area contributed by atoms with E-state index in [0.29, 0.717) is 49.0 Å². The fourth-order valence-electron chi connectivity index (χ4n) is 2.77. The topological polar surface area (TPSA) is 105 Å². The van der Waals surface area contributed by atoms with E-state index in [2.05, 4.69) is 10.5 Å². The van der Waals surface area contributed by atoms with Gasteiger partial charge in [0.05, 0.1) is 6.54 Å². The van der Waals surface area contributed by atoms with Crippen molar-refractivity contribution in [2.24, 2.45) is 0 Å². The van der Waals surface area contributed by atoms with Gasteiger partial charge in [0.15, 0.2) is 5.82 Å². The molecule has 27 heavy (non-hydrogen) atoms. The van der Waals surface area contributed by atoms with Gasteiger partial charge in [-0.05, 0) is 25.1 Å². The first kappa shape index (κ1) is 22.8. The molecule has 2 heterocycles. The molecule has 1 saturated heterocycles. The van der Waals surface area contributed by atoms with Crippen LogP contribution in [0.3, 0.4) is 0 Å². The number of hydrogen-bond donors (Lipinski definition) is 2. The molecular formula is C17H23Cl2N5O3. The molecule has 8 nitrogen and oxygen atoms in total. The number of nitrogens with one attached hydrogen (secondary N) is 1. The van der Waals surface area contributed by atoms with E-state index >= 15 is 0 Å². The van der Waals surface area contributed by atoms with Crippen molar-refractivity contribution in [2.75, 3.05) is 43.8 Å². The molecule has 148 valence electrons. The second kappa shape index (κ2) is 10.1. The van der Waals surface area contributed by atoms with Gasteiger partial charge in [0.1, 0.15) is 5.76 Å². The molecule has 10 heteroatoms. The summed E-state index contributed by atoms with van der Waals surface area (Å²) in [5.41, 5.74) is 6.90. The van der Waals surface area contributed by atoms with Gasteiger partial charge in [0, 0.05) is 43.5 Å². The summed E-state index contributed by atoms with van der Waals surface area (Å²) in [7, 11) is 0. The summed E-state index contributed by atoms with van der Waals surface area (Å²) in [6.45, 7) is 4.44. The number of carbonyl (C=O) groups is 2. The summed E-state index contributed by atoms with van der Waals surface area (Å²) in [4.78, 5) is 28.3. The minimum atomic E-state index is -0.149. The number of aryl methyl sites for hydroxylation is 1. The Labute approximate surface area is 169 Å². The number of halogens is 2. The monoisotopic (exact) mass is 415 g/mol. The number of anilines is 2. The Morgan fingerprint density at radius 3 is 2.48 bits per heavy atom. The molecule has 2 amide bonds. The highest BCUT2D eigenvalue weighted by Gasteiger charge is 2.23. The molecule has 1 aromatic heterocycles. The van der Waals surface area contributed by atoms with Crippen molar-refractivity contribution in [2.45, 2.75) is 6.92 Å². The lowest BCUT2D eigenvalue weighted by Gasteiger charge is -2.34. The molecule has 0 spiro atoms. The van der Waals surface area contributed by atoms with Crippen molar-refractivity contribution < 1.29 is 14.1 Å². The van der Waals surface area contributed by atoms with Crippen molar-refractivity contribution in [3.05, 3.63) is 41.7 Å². The lowest BCUT2D eigenvalue weighted by Crippen LogP contribution is -2.50. The van der Waals surface area contributed by atoms with E-state index in [9.17, 15) is 9.59 Å². The van der Waals surface area contributed by atoms with Crippen LogP contribution in [0.2, 0.25) is 0 Å². The van der Waals surface area contributed by atoms with Crippen molar-refractivity contribution >= 4 is 48.1 Å². The van der Waals surface area contributed by atoms with E-state index in [-0.39, 0.29) is 43.2 Å². The fraction of sp³-hybridized carbons (Fsp3) is 0.353. The molecule has 0 bridgehead atoms.